The third-order valence-electron chi connectivity index (χ3n) is 5.35. The van der Waals surface area contributed by atoms with Crippen LogP contribution in [0.1, 0.15) is 37.3 Å². The maximum absolute atomic E-state index is 12.6. The van der Waals surface area contributed by atoms with Gasteiger partial charge in [-0.25, -0.2) is 0 Å². The van der Waals surface area contributed by atoms with Crippen LogP contribution in [-0.2, 0) is 4.79 Å². The predicted octanol–water partition coefficient (Wildman–Crippen LogP) is 2.44. The van der Waals surface area contributed by atoms with E-state index in [4.69, 9.17) is 0 Å². The van der Waals surface area contributed by atoms with Gasteiger partial charge < -0.3 is 4.90 Å². The number of carbonyl (C=O) groups is 1. The molecule has 106 valence electrons. The van der Waals surface area contributed by atoms with Crippen LogP contribution in [0, 0.1) is 5.92 Å². The lowest BCUT2D eigenvalue weighted by Crippen LogP contribution is -2.47. The first kappa shape index (κ1) is 12.4. The van der Waals surface area contributed by atoms with Crippen LogP contribution in [0.3, 0.4) is 0 Å². The van der Waals surface area contributed by atoms with E-state index in [-0.39, 0.29) is 5.92 Å². The first-order valence-corrected chi connectivity index (χ1v) is 7.94. The Hall–Kier alpha value is -1.35. The molecule has 1 aromatic rings. The summed E-state index contributed by atoms with van der Waals surface area (Å²) in [5, 5.41) is 0. The van der Waals surface area contributed by atoms with Crippen LogP contribution >= 0.6 is 0 Å². The van der Waals surface area contributed by atoms with Gasteiger partial charge in [0.15, 0.2) is 0 Å². The van der Waals surface area contributed by atoms with Crippen molar-refractivity contribution in [3.05, 3.63) is 35.9 Å². The molecule has 0 saturated carbocycles. The summed E-state index contributed by atoms with van der Waals surface area (Å²) >= 11 is 0. The minimum Gasteiger partial charge on any atom is -0.342 e. The van der Waals surface area contributed by atoms with E-state index >= 15 is 0 Å². The summed E-state index contributed by atoms with van der Waals surface area (Å²) in [6.07, 6.45) is 4.66. The molecule has 0 bridgehead atoms. The summed E-state index contributed by atoms with van der Waals surface area (Å²) in [7, 11) is 0. The Bertz CT molecular complexity index is 497. The second-order valence-corrected chi connectivity index (χ2v) is 6.39. The molecule has 0 N–H and O–H groups in total. The van der Waals surface area contributed by atoms with Gasteiger partial charge in [-0.05, 0) is 37.8 Å². The second-order valence-electron chi connectivity index (χ2n) is 6.39. The molecule has 1 aromatic carbocycles. The van der Waals surface area contributed by atoms with Crippen molar-refractivity contribution in [3.63, 3.8) is 0 Å². The number of hydrogen-bond donors (Lipinski definition) is 0. The fourth-order valence-electron chi connectivity index (χ4n) is 4.21. The summed E-state index contributed by atoms with van der Waals surface area (Å²) in [6.45, 7) is 3.13. The largest absolute Gasteiger partial charge is 0.342 e. The van der Waals surface area contributed by atoms with E-state index in [0.717, 1.165) is 26.1 Å². The van der Waals surface area contributed by atoms with Crippen LogP contribution in [0.5, 0.6) is 0 Å². The van der Waals surface area contributed by atoms with Crippen LogP contribution in [0.2, 0.25) is 0 Å². The number of carbonyl (C=O) groups excluding carboxylic acids is 1. The van der Waals surface area contributed by atoms with Gasteiger partial charge in [0.25, 0.3) is 0 Å². The van der Waals surface area contributed by atoms with Gasteiger partial charge >= 0.3 is 0 Å². The quantitative estimate of drug-likeness (QED) is 0.824. The average molecular weight is 270 g/mol. The Morgan fingerprint density at radius 3 is 2.55 bits per heavy atom. The van der Waals surface area contributed by atoms with E-state index in [1.807, 2.05) is 0 Å². The number of benzene rings is 1. The van der Waals surface area contributed by atoms with E-state index in [9.17, 15) is 4.79 Å². The molecule has 3 saturated heterocycles. The van der Waals surface area contributed by atoms with Gasteiger partial charge in [0.05, 0.1) is 5.92 Å². The van der Waals surface area contributed by atoms with Gasteiger partial charge in [-0.2, -0.15) is 0 Å². The Morgan fingerprint density at radius 1 is 1.05 bits per heavy atom. The minimum absolute atomic E-state index is 0.239. The molecule has 0 unspecified atom stereocenters. The van der Waals surface area contributed by atoms with Crippen molar-refractivity contribution in [1.29, 1.82) is 0 Å². The highest BCUT2D eigenvalue weighted by Crippen LogP contribution is 2.45. The zero-order chi connectivity index (χ0) is 13.5. The lowest BCUT2D eigenvalue weighted by molar-refractivity contribution is -0.139. The Morgan fingerprint density at radius 2 is 1.85 bits per heavy atom. The number of fused-ring (bicyclic) bond motifs is 1. The number of hydrogen-bond acceptors (Lipinski definition) is 2. The molecule has 3 nitrogen and oxygen atoms in total. The van der Waals surface area contributed by atoms with Crippen molar-refractivity contribution in [2.45, 2.75) is 37.8 Å². The van der Waals surface area contributed by atoms with E-state index in [2.05, 4.69) is 40.1 Å². The number of amides is 1. The molecule has 0 aromatic heterocycles. The van der Waals surface area contributed by atoms with Gasteiger partial charge in [-0.1, -0.05) is 30.3 Å². The molecule has 0 aliphatic carbocycles. The van der Waals surface area contributed by atoms with Crippen molar-refractivity contribution in [3.8, 4) is 0 Å². The average Bonchev–Trinajstić information content (AvgIpc) is 2.98. The molecule has 0 spiro atoms. The molecule has 3 atom stereocenters. The Balaban J connectivity index is 1.59. The number of rotatable bonds is 2. The molecular weight excluding hydrogens is 248 g/mol. The summed E-state index contributed by atoms with van der Waals surface area (Å²) in [5.41, 5.74) is 1.39. The normalized spacial score (nSPS) is 33.0. The fraction of sp³-hybridized carbons (Fsp3) is 0.588. The smallest absolute Gasteiger partial charge is 0.227 e. The summed E-state index contributed by atoms with van der Waals surface area (Å²) in [6, 6.07) is 11.7. The van der Waals surface area contributed by atoms with Crippen molar-refractivity contribution < 1.29 is 4.79 Å². The Kier molecular flexibility index (Phi) is 3.03. The highest BCUT2D eigenvalue weighted by molar-refractivity contribution is 5.80. The first-order valence-electron chi connectivity index (χ1n) is 7.94. The van der Waals surface area contributed by atoms with Crippen LogP contribution in [0.15, 0.2) is 30.3 Å². The Labute approximate surface area is 120 Å². The standard InChI is InChI=1S/C17H22N2O/c20-17(18-9-5-10-18)14-12-16(13-6-2-1-3-7-13)19-11-4-8-15(14)19/h1-3,6-7,14-16H,4-5,8-12H2/t14-,15+,16-/m1/s1. The summed E-state index contributed by atoms with van der Waals surface area (Å²) < 4.78 is 0. The fourth-order valence-corrected chi connectivity index (χ4v) is 4.21. The zero-order valence-electron chi connectivity index (χ0n) is 11.9. The third-order valence-corrected chi connectivity index (χ3v) is 5.35. The van der Waals surface area contributed by atoms with Gasteiger partial charge in [-0.15, -0.1) is 0 Å². The predicted molar refractivity (Wildman–Crippen MR) is 78.2 cm³/mol. The maximum Gasteiger partial charge on any atom is 0.227 e. The van der Waals surface area contributed by atoms with Crippen molar-refractivity contribution >= 4 is 5.91 Å². The van der Waals surface area contributed by atoms with Gasteiger partial charge in [0.2, 0.25) is 5.91 Å². The molecular formula is C17H22N2O. The first-order chi connectivity index (χ1) is 9.84. The summed E-state index contributed by atoms with van der Waals surface area (Å²) in [4.78, 5) is 17.3. The molecule has 3 fully saturated rings. The number of likely N-dealkylation sites (tertiary alicyclic amines) is 1. The second kappa shape index (κ2) is 4.88. The highest BCUT2D eigenvalue weighted by atomic mass is 16.2. The van der Waals surface area contributed by atoms with Gasteiger partial charge in [0.1, 0.15) is 0 Å². The van der Waals surface area contributed by atoms with Crippen molar-refractivity contribution in [1.82, 2.24) is 9.80 Å². The van der Waals surface area contributed by atoms with Crippen LogP contribution < -0.4 is 0 Å². The number of nitrogens with zero attached hydrogens (tertiary/aromatic N) is 2. The lowest BCUT2D eigenvalue weighted by Gasteiger charge is -2.34. The SMILES string of the molecule is O=C([C@@H]1C[C@H](c2ccccc2)N2CCC[C@@H]12)N1CCC1. The summed E-state index contributed by atoms with van der Waals surface area (Å²) in [5.74, 6) is 0.662. The third kappa shape index (κ3) is 1.87. The van der Waals surface area contributed by atoms with Crippen LogP contribution in [-0.4, -0.2) is 41.4 Å². The molecule has 3 aliphatic rings. The molecule has 4 rings (SSSR count). The topological polar surface area (TPSA) is 23.6 Å². The molecule has 3 heteroatoms. The molecule has 0 radical (unpaired) electrons. The van der Waals surface area contributed by atoms with E-state index in [1.165, 1.54) is 24.8 Å². The van der Waals surface area contributed by atoms with Crippen LogP contribution in [0.25, 0.3) is 0 Å². The van der Waals surface area contributed by atoms with Crippen molar-refractivity contribution in [2.24, 2.45) is 5.92 Å². The van der Waals surface area contributed by atoms with E-state index in [1.54, 1.807) is 0 Å². The zero-order valence-corrected chi connectivity index (χ0v) is 11.9. The maximum atomic E-state index is 12.6. The monoisotopic (exact) mass is 270 g/mol. The van der Waals surface area contributed by atoms with E-state index in [0.29, 0.717) is 18.0 Å². The molecule has 1 amide bonds. The lowest BCUT2D eigenvalue weighted by atomic mass is 9.92. The minimum atomic E-state index is 0.239. The highest BCUT2D eigenvalue weighted by Gasteiger charge is 2.48. The van der Waals surface area contributed by atoms with Crippen molar-refractivity contribution in [2.75, 3.05) is 19.6 Å². The van der Waals surface area contributed by atoms with Gasteiger partial charge in [0, 0.05) is 25.2 Å². The molecule has 3 heterocycles. The molecule has 20 heavy (non-hydrogen) atoms. The van der Waals surface area contributed by atoms with E-state index < -0.39 is 0 Å². The van der Waals surface area contributed by atoms with Gasteiger partial charge in [-0.3, -0.25) is 9.69 Å². The van der Waals surface area contributed by atoms with Crippen LogP contribution in [0.4, 0.5) is 0 Å². The molecule has 3 aliphatic heterocycles.